The van der Waals surface area contributed by atoms with Crippen LogP contribution in [0.4, 0.5) is 0 Å². The van der Waals surface area contributed by atoms with Crippen LogP contribution in [0.5, 0.6) is 0 Å². The average molecular weight is 292 g/mol. The van der Waals surface area contributed by atoms with Gasteiger partial charge in [-0.1, -0.05) is 36.4 Å². The van der Waals surface area contributed by atoms with E-state index in [-0.39, 0.29) is 5.91 Å². The van der Waals surface area contributed by atoms with Crippen LogP contribution in [0.2, 0.25) is 0 Å². The highest BCUT2D eigenvalue weighted by molar-refractivity contribution is 5.94. The summed E-state index contributed by atoms with van der Waals surface area (Å²) in [6.45, 7) is 2.19. The monoisotopic (exact) mass is 292 g/mol. The minimum Gasteiger partial charge on any atom is -0.441 e. The summed E-state index contributed by atoms with van der Waals surface area (Å²) in [6, 6.07) is 18.8. The molecule has 1 amide bonds. The van der Waals surface area contributed by atoms with Crippen molar-refractivity contribution in [2.75, 3.05) is 0 Å². The molecule has 110 valence electrons. The minimum atomic E-state index is -0.121. The lowest BCUT2D eigenvalue weighted by Crippen LogP contribution is -2.23. The molecule has 0 fully saturated rings. The van der Waals surface area contributed by atoms with Crippen LogP contribution in [0, 0.1) is 6.92 Å². The third-order valence-corrected chi connectivity index (χ3v) is 3.37. The van der Waals surface area contributed by atoms with Crippen LogP contribution in [0.1, 0.15) is 21.8 Å². The third kappa shape index (κ3) is 3.06. The van der Waals surface area contributed by atoms with Crippen molar-refractivity contribution < 1.29 is 9.21 Å². The number of hydrogen-bond donors (Lipinski definition) is 1. The number of amides is 1. The Morgan fingerprint density at radius 1 is 1.05 bits per heavy atom. The van der Waals surface area contributed by atoms with E-state index < -0.39 is 0 Å². The van der Waals surface area contributed by atoms with E-state index in [1.165, 1.54) is 0 Å². The molecule has 3 rings (SSSR count). The van der Waals surface area contributed by atoms with E-state index in [1.54, 1.807) is 12.1 Å². The molecule has 0 saturated carbocycles. The van der Waals surface area contributed by atoms with Gasteiger partial charge in [-0.05, 0) is 31.2 Å². The van der Waals surface area contributed by atoms with Gasteiger partial charge < -0.3 is 9.73 Å². The zero-order valence-corrected chi connectivity index (χ0v) is 12.2. The molecule has 0 bridgehead atoms. The summed E-state index contributed by atoms with van der Waals surface area (Å²) in [5, 5.41) is 2.86. The standard InChI is InChI=1S/C18H16N2O2/c1-13-16(12-19-17(21)14-8-4-2-5-9-14)20-18(22-13)15-10-6-3-7-11-15/h2-11H,12H2,1H3,(H,19,21). The smallest absolute Gasteiger partial charge is 0.251 e. The molecular weight excluding hydrogens is 276 g/mol. The van der Waals surface area contributed by atoms with Gasteiger partial charge in [-0.3, -0.25) is 4.79 Å². The van der Waals surface area contributed by atoms with Gasteiger partial charge in [0.15, 0.2) is 0 Å². The van der Waals surface area contributed by atoms with Crippen LogP contribution < -0.4 is 5.32 Å². The Labute approximate surface area is 128 Å². The number of oxazole rings is 1. The fourth-order valence-electron chi connectivity index (χ4n) is 2.15. The maximum atomic E-state index is 12.0. The number of nitrogens with one attached hydrogen (secondary N) is 1. The van der Waals surface area contributed by atoms with Crippen LogP contribution in [0.15, 0.2) is 65.1 Å². The van der Waals surface area contributed by atoms with E-state index in [9.17, 15) is 4.79 Å². The first-order chi connectivity index (χ1) is 10.7. The summed E-state index contributed by atoms with van der Waals surface area (Å²) in [5.74, 6) is 1.17. The lowest BCUT2D eigenvalue weighted by atomic mass is 10.2. The Morgan fingerprint density at radius 3 is 2.36 bits per heavy atom. The highest BCUT2D eigenvalue weighted by atomic mass is 16.4. The molecule has 0 spiro atoms. The third-order valence-electron chi connectivity index (χ3n) is 3.37. The Bertz CT molecular complexity index is 764. The van der Waals surface area contributed by atoms with Crippen molar-refractivity contribution in [1.29, 1.82) is 0 Å². The summed E-state index contributed by atoms with van der Waals surface area (Å²) < 4.78 is 5.68. The average Bonchev–Trinajstić information content (AvgIpc) is 2.95. The molecule has 3 aromatic rings. The SMILES string of the molecule is Cc1oc(-c2ccccc2)nc1CNC(=O)c1ccccc1. The number of carbonyl (C=O) groups is 1. The fourth-order valence-corrected chi connectivity index (χ4v) is 2.15. The second kappa shape index (κ2) is 6.26. The maximum Gasteiger partial charge on any atom is 0.251 e. The maximum absolute atomic E-state index is 12.0. The van der Waals surface area contributed by atoms with Gasteiger partial charge in [0.05, 0.1) is 6.54 Å². The fraction of sp³-hybridized carbons (Fsp3) is 0.111. The van der Waals surface area contributed by atoms with E-state index in [0.717, 1.165) is 11.3 Å². The molecule has 4 nitrogen and oxygen atoms in total. The highest BCUT2D eigenvalue weighted by Gasteiger charge is 2.12. The van der Waals surface area contributed by atoms with Gasteiger partial charge in [-0.25, -0.2) is 4.98 Å². The van der Waals surface area contributed by atoms with Crippen molar-refractivity contribution in [1.82, 2.24) is 10.3 Å². The molecule has 0 saturated heterocycles. The predicted molar refractivity (Wildman–Crippen MR) is 84.3 cm³/mol. The molecule has 0 unspecified atom stereocenters. The number of rotatable bonds is 4. The molecule has 0 aliphatic heterocycles. The minimum absolute atomic E-state index is 0.121. The molecule has 0 aliphatic carbocycles. The van der Waals surface area contributed by atoms with Crippen LogP contribution >= 0.6 is 0 Å². The Balaban J connectivity index is 1.71. The second-order valence-electron chi connectivity index (χ2n) is 4.94. The zero-order valence-electron chi connectivity index (χ0n) is 12.2. The van der Waals surface area contributed by atoms with Crippen molar-refractivity contribution in [2.24, 2.45) is 0 Å². The number of hydrogen-bond acceptors (Lipinski definition) is 3. The van der Waals surface area contributed by atoms with Gasteiger partial charge in [0.1, 0.15) is 11.5 Å². The molecule has 0 radical (unpaired) electrons. The van der Waals surface area contributed by atoms with E-state index in [1.807, 2.05) is 55.5 Å². The molecule has 22 heavy (non-hydrogen) atoms. The molecule has 1 aromatic heterocycles. The number of carbonyl (C=O) groups excluding carboxylic acids is 1. The topological polar surface area (TPSA) is 55.1 Å². The molecule has 0 atom stereocenters. The van der Waals surface area contributed by atoms with Crippen molar-refractivity contribution in [3.8, 4) is 11.5 Å². The number of aryl methyl sites for hydroxylation is 1. The van der Waals surface area contributed by atoms with Gasteiger partial charge in [0.2, 0.25) is 5.89 Å². The molecule has 0 aliphatic rings. The van der Waals surface area contributed by atoms with Crippen LogP contribution in [-0.2, 0) is 6.54 Å². The predicted octanol–water partition coefficient (Wildman–Crippen LogP) is 3.58. The molecule has 4 heteroatoms. The first-order valence-corrected chi connectivity index (χ1v) is 7.09. The zero-order chi connectivity index (χ0) is 15.4. The molecule has 2 aromatic carbocycles. The number of aromatic nitrogens is 1. The second-order valence-corrected chi connectivity index (χ2v) is 4.94. The van der Waals surface area contributed by atoms with Crippen LogP contribution in [0.25, 0.3) is 11.5 Å². The first-order valence-electron chi connectivity index (χ1n) is 7.09. The van der Waals surface area contributed by atoms with Gasteiger partial charge >= 0.3 is 0 Å². The normalized spacial score (nSPS) is 10.4. The van der Waals surface area contributed by atoms with E-state index >= 15 is 0 Å². The van der Waals surface area contributed by atoms with Crippen LogP contribution in [0.3, 0.4) is 0 Å². The quantitative estimate of drug-likeness (QED) is 0.799. The first kappa shape index (κ1) is 14.1. The van der Waals surface area contributed by atoms with Gasteiger partial charge in [0, 0.05) is 11.1 Å². The van der Waals surface area contributed by atoms with Crippen molar-refractivity contribution in [3.05, 3.63) is 77.7 Å². The summed E-state index contributed by atoms with van der Waals surface area (Å²) >= 11 is 0. The summed E-state index contributed by atoms with van der Waals surface area (Å²) in [4.78, 5) is 16.5. The highest BCUT2D eigenvalue weighted by Crippen LogP contribution is 2.21. The number of benzene rings is 2. The molecular formula is C18H16N2O2. The number of nitrogens with zero attached hydrogens (tertiary/aromatic N) is 1. The lowest BCUT2D eigenvalue weighted by molar-refractivity contribution is 0.0950. The van der Waals surface area contributed by atoms with E-state index in [4.69, 9.17) is 4.42 Å². The largest absolute Gasteiger partial charge is 0.441 e. The van der Waals surface area contributed by atoms with Gasteiger partial charge in [0.25, 0.3) is 5.91 Å². The van der Waals surface area contributed by atoms with Crippen molar-refractivity contribution >= 4 is 5.91 Å². The summed E-state index contributed by atoms with van der Waals surface area (Å²) in [7, 11) is 0. The Kier molecular flexibility index (Phi) is 4.01. The Morgan fingerprint density at radius 2 is 1.68 bits per heavy atom. The lowest BCUT2D eigenvalue weighted by Gasteiger charge is -2.03. The Hall–Kier alpha value is -2.88. The van der Waals surface area contributed by atoms with E-state index in [2.05, 4.69) is 10.3 Å². The van der Waals surface area contributed by atoms with Crippen molar-refractivity contribution in [2.45, 2.75) is 13.5 Å². The summed E-state index contributed by atoms with van der Waals surface area (Å²) in [5.41, 5.74) is 2.29. The molecule has 1 N–H and O–H groups in total. The summed E-state index contributed by atoms with van der Waals surface area (Å²) in [6.07, 6.45) is 0. The van der Waals surface area contributed by atoms with Crippen LogP contribution in [-0.4, -0.2) is 10.9 Å². The molecule has 1 heterocycles. The van der Waals surface area contributed by atoms with E-state index in [0.29, 0.717) is 23.8 Å². The van der Waals surface area contributed by atoms with Gasteiger partial charge in [-0.2, -0.15) is 0 Å². The van der Waals surface area contributed by atoms with Crippen molar-refractivity contribution in [3.63, 3.8) is 0 Å². The van der Waals surface area contributed by atoms with Gasteiger partial charge in [-0.15, -0.1) is 0 Å².